The number of nitrogens with zero attached hydrogens (tertiary/aromatic N) is 4. The summed E-state index contributed by atoms with van der Waals surface area (Å²) in [5.74, 6) is 1.29. The van der Waals surface area contributed by atoms with E-state index in [9.17, 15) is 14.9 Å². The van der Waals surface area contributed by atoms with E-state index >= 15 is 0 Å². The summed E-state index contributed by atoms with van der Waals surface area (Å²) < 4.78 is 9.86. The first-order chi connectivity index (χ1) is 17.3. The Morgan fingerprint density at radius 3 is 2.61 bits per heavy atom. The van der Waals surface area contributed by atoms with Crippen molar-refractivity contribution < 1.29 is 9.66 Å². The highest BCUT2D eigenvalue weighted by atomic mass is 127. The van der Waals surface area contributed by atoms with Crippen LogP contribution >= 0.6 is 61.1 Å². The number of hydrogen-bond donors (Lipinski definition) is 0. The van der Waals surface area contributed by atoms with Gasteiger partial charge in [0.1, 0.15) is 18.2 Å². The van der Waals surface area contributed by atoms with Crippen LogP contribution in [0.15, 0.2) is 69.0 Å². The van der Waals surface area contributed by atoms with Crippen molar-refractivity contribution in [1.82, 2.24) is 9.66 Å². The largest absolute Gasteiger partial charge is 0.487 e. The normalized spacial score (nSPS) is 11.3. The van der Waals surface area contributed by atoms with Gasteiger partial charge in [0.15, 0.2) is 0 Å². The van der Waals surface area contributed by atoms with Crippen molar-refractivity contribution in [2.45, 2.75) is 26.4 Å². The van der Waals surface area contributed by atoms with E-state index in [4.69, 9.17) is 4.74 Å². The van der Waals surface area contributed by atoms with Gasteiger partial charge >= 0.3 is 0 Å². The van der Waals surface area contributed by atoms with E-state index in [0.717, 1.165) is 23.6 Å². The van der Waals surface area contributed by atoms with Gasteiger partial charge in [-0.05, 0) is 93.1 Å². The fourth-order valence-corrected chi connectivity index (χ4v) is 6.02. The van der Waals surface area contributed by atoms with Crippen LogP contribution in [-0.2, 0) is 13.0 Å². The molecule has 0 aliphatic carbocycles. The molecule has 0 fully saturated rings. The van der Waals surface area contributed by atoms with Gasteiger partial charge in [0.05, 0.1) is 29.2 Å². The molecular formula is C25H19BrI2N4O4. The lowest BCUT2D eigenvalue weighted by atomic mass is 10.2. The number of nitro benzene ring substituents is 1. The zero-order valence-corrected chi connectivity index (χ0v) is 24.9. The van der Waals surface area contributed by atoms with Crippen molar-refractivity contribution >= 4 is 83.9 Å². The molecule has 0 bridgehead atoms. The van der Waals surface area contributed by atoms with E-state index in [1.165, 1.54) is 16.8 Å². The van der Waals surface area contributed by atoms with Gasteiger partial charge in [-0.15, -0.1) is 0 Å². The van der Waals surface area contributed by atoms with Gasteiger partial charge in [0.25, 0.3) is 11.2 Å². The number of nitro groups is 1. The van der Waals surface area contributed by atoms with Gasteiger partial charge in [0.2, 0.25) is 0 Å². The first-order valence-electron chi connectivity index (χ1n) is 10.9. The summed E-state index contributed by atoms with van der Waals surface area (Å²) in [4.78, 5) is 28.4. The minimum Gasteiger partial charge on any atom is -0.487 e. The molecule has 0 amide bonds. The van der Waals surface area contributed by atoms with E-state index in [0.29, 0.717) is 34.5 Å². The lowest BCUT2D eigenvalue weighted by molar-refractivity contribution is -0.384. The van der Waals surface area contributed by atoms with Crippen LogP contribution in [0.4, 0.5) is 5.69 Å². The highest BCUT2D eigenvalue weighted by Gasteiger charge is 2.13. The third kappa shape index (κ3) is 6.11. The Bertz CT molecular complexity index is 1530. The van der Waals surface area contributed by atoms with Crippen LogP contribution in [-0.4, -0.2) is 20.8 Å². The van der Waals surface area contributed by atoms with Gasteiger partial charge < -0.3 is 4.74 Å². The lowest BCUT2D eigenvalue weighted by Gasteiger charge is -2.12. The maximum atomic E-state index is 13.2. The van der Waals surface area contributed by atoms with E-state index in [1.807, 2.05) is 31.2 Å². The number of non-ortho nitro benzene ring substituents is 1. The molecule has 184 valence electrons. The molecular weight excluding hydrogens is 754 g/mol. The van der Waals surface area contributed by atoms with Crippen molar-refractivity contribution in [3.05, 3.63) is 104 Å². The number of rotatable bonds is 8. The van der Waals surface area contributed by atoms with Crippen molar-refractivity contribution in [3.8, 4) is 5.75 Å². The van der Waals surface area contributed by atoms with Crippen LogP contribution in [0.1, 0.15) is 30.3 Å². The first-order valence-corrected chi connectivity index (χ1v) is 13.8. The molecule has 3 aromatic carbocycles. The zero-order chi connectivity index (χ0) is 25.8. The summed E-state index contributed by atoms with van der Waals surface area (Å²) in [6.07, 6.45) is 3.09. The predicted octanol–water partition coefficient (Wildman–Crippen LogP) is 6.69. The second-order valence-corrected chi connectivity index (χ2v) is 11.1. The van der Waals surface area contributed by atoms with Crippen LogP contribution in [0.5, 0.6) is 5.75 Å². The molecule has 0 radical (unpaired) electrons. The van der Waals surface area contributed by atoms with Crippen molar-refractivity contribution in [2.75, 3.05) is 0 Å². The quantitative estimate of drug-likeness (QED) is 0.0861. The lowest BCUT2D eigenvalue weighted by Crippen LogP contribution is -2.22. The summed E-state index contributed by atoms with van der Waals surface area (Å²) in [7, 11) is 0. The maximum Gasteiger partial charge on any atom is 0.282 e. The first kappa shape index (κ1) is 26.7. The van der Waals surface area contributed by atoms with E-state index < -0.39 is 4.92 Å². The number of fused-ring (bicyclic) bond motifs is 1. The number of benzene rings is 3. The van der Waals surface area contributed by atoms with Crippen molar-refractivity contribution in [1.29, 1.82) is 0 Å². The van der Waals surface area contributed by atoms with Crippen LogP contribution < -0.4 is 10.3 Å². The second kappa shape index (κ2) is 11.8. The third-order valence-electron chi connectivity index (χ3n) is 5.20. The Kier molecular flexibility index (Phi) is 8.72. The summed E-state index contributed by atoms with van der Waals surface area (Å²) in [6.45, 7) is 2.23. The van der Waals surface area contributed by atoms with Gasteiger partial charge in [-0.2, -0.15) is 9.78 Å². The van der Waals surface area contributed by atoms with Gasteiger partial charge in [0, 0.05) is 23.0 Å². The molecule has 1 heterocycles. The molecule has 4 aromatic rings. The summed E-state index contributed by atoms with van der Waals surface area (Å²) in [5, 5.41) is 16.0. The molecule has 1 aromatic heterocycles. The molecule has 0 spiro atoms. The van der Waals surface area contributed by atoms with Crippen LogP contribution in [0.3, 0.4) is 0 Å². The molecule has 0 aliphatic heterocycles. The highest BCUT2D eigenvalue weighted by molar-refractivity contribution is 14.1. The molecule has 11 heteroatoms. The molecule has 0 saturated heterocycles. The van der Waals surface area contributed by atoms with Gasteiger partial charge in [-0.1, -0.05) is 35.0 Å². The van der Waals surface area contributed by atoms with E-state index in [1.54, 1.807) is 24.4 Å². The zero-order valence-electron chi connectivity index (χ0n) is 19.0. The monoisotopic (exact) mass is 772 g/mol. The second-order valence-electron chi connectivity index (χ2n) is 7.83. The summed E-state index contributed by atoms with van der Waals surface area (Å²) in [6, 6.07) is 15.6. The molecule has 8 nitrogen and oxygen atoms in total. The van der Waals surface area contributed by atoms with Crippen molar-refractivity contribution in [3.63, 3.8) is 0 Å². The highest BCUT2D eigenvalue weighted by Crippen LogP contribution is 2.29. The van der Waals surface area contributed by atoms with Crippen LogP contribution in [0.25, 0.3) is 10.9 Å². The molecule has 0 aliphatic rings. The van der Waals surface area contributed by atoms with Crippen LogP contribution in [0, 0.1) is 17.3 Å². The summed E-state index contributed by atoms with van der Waals surface area (Å²) >= 11 is 7.78. The topological polar surface area (TPSA) is 99.6 Å². The molecule has 0 unspecified atom stereocenters. The molecule has 0 atom stereocenters. The fraction of sp³-hybridized carbons (Fsp3) is 0.160. The Morgan fingerprint density at radius 2 is 1.92 bits per heavy atom. The molecule has 4 rings (SSSR count). The molecule has 36 heavy (non-hydrogen) atoms. The standard InChI is InChI=1S/C25H19BrI2N4O4/c1-2-4-23-30-22-8-7-17(26)12-19(22)25(33)31(23)29-13-16-10-20(27)24(21(28)11-16)36-14-15-5-3-6-18(9-15)32(34)35/h3,5-13H,2,4,14H2,1H3. The Morgan fingerprint density at radius 1 is 1.17 bits per heavy atom. The number of aryl methyl sites for hydroxylation is 1. The van der Waals surface area contributed by atoms with Gasteiger partial charge in [-0.3, -0.25) is 14.9 Å². The Balaban J connectivity index is 1.62. The smallest absolute Gasteiger partial charge is 0.282 e. The average Bonchev–Trinajstić information content (AvgIpc) is 2.84. The third-order valence-corrected chi connectivity index (χ3v) is 7.29. The Labute approximate surface area is 242 Å². The Hall–Kier alpha value is -2.39. The van der Waals surface area contributed by atoms with E-state index in [-0.39, 0.29) is 17.9 Å². The van der Waals surface area contributed by atoms with E-state index in [2.05, 4.69) is 71.2 Å². The predicted molar refractivity (Wildman–Crippen MR) is 160 cm³/mol. The number of ether oxygens (including phenoxy) is 1. The number of hydrogen-bond acceptors (Lipinski definition) is 6. The number of halogens is 3. The molecule has 0 saturated carbocycles. The average molecular weight is 773 g/mol. The summed E-state index contributed by atoms with van der Waals surface area (Å²) in [5.41, 5.74) is 1.96. The number of aromatic nitrogens is 2. The van der Waals surface area contributed by atoms with Crippen LogP contribution in [0.2, 0.25) is 0 Å². The SMILES string of the molecule is CCCc1nc2ccc(Br)cc2c(=O)n1N=Cc1cc(I)c(OCc2cccc([N+](=O)[O-])c2)c(I)c1. The van der Waals surface area contributed by atoms with Crippen molar-refractivity contribution in [2.24, 2.45) is 5.10 Å². The van der Waals surface area contributed by atoms with Gasteiger partial charge in [-0.25, -0.2) is 4.98 Å². The minimum atomic E-state index is -0.424. The fourth-order valence-electron chi connectivity index (χ4n) is 3.53. The maximum absolute atomic E-state index is 13.2. The minimum absolute atomic E-state index is 0.0280. The molecule has 0 N–H and O–H groups in total.